The molecule has 0 saturated heterocycles. The van der Waals surface area contributed by atoms with Gasteiger partial charge in [-0.1, -0.05) is 166 Å². The van der Waals surface area contributed by atoms with E-state index in [-0.39, 0.29) is 5.41 Å². The minimum absolute atomic E-state index is 0.0861. The Bertz CT molecular complexity index is 2740. The molecule has 2 nitrogen and oxygen atoms in total. The molecule has 0 N–H and O–H groups in total. The van der Waals surface area contributed by atoms with Gasteiger partial charge in [0, 0.05) is 44.2 Å². The average Bonchev–Trinajstić information content (AvgIpc) is 3.47. The van der Waals surface area contributed by atoms with Crippen molar-refractivity contribution in [3.63, 3.8) is 0 Å². The van der Waals surface area contributed by atoms with Crippen LogP contribution in [-0.2, 0) is 5.41 Å². The molecule has 2 heteroatoms. The standard InChI is InChI=1S/C52H38N2/c1-52(2)46-22-11-9-20-43(46)50-47(52)33-32-45-49(50)44-21-10-12-23-48(44)53-51(45)39-18-13-19-42(34-39)54(40-28-24-37(25-29-40)35-14-5-3-6-15-35)41-30-26-38(27-31-41)36-16-7-4-8-17-36/h3-34H,1-2H3. The Balaban J connectivity index is 1.15. The quantitative estimate of drug-likeness (QED) is 0.161. The van der Waals surface area contributed by atoms with Crippen molar-refractivity contribution in [1.29, 1.82) is 0 Å². The summed E-state index contributed by atoms with van der Waals surface area (Å²) in [5.74, 6) is 0. The van der Waals surface area contributed by atoms with Crippen molar-refractivity contribution in [3.8, 4) is 44.6 Å². The summed E-state index contributed by atoms with van der Waals surface area (Å²) in [4.78, 5) is 7.76. The van der Waals surface area contributed by atoms with Crippen LogP contribution >= 0.6 is 0 Å². The lowest BCUT2D eigenvalue weighted by Crippen LogP contribution is -2.14. The van der Waals surface area contributed by atoms with Crippen molar-refractivity contribution in [3.05, 3.63) is 205 Å². The molecule has 1 aliphatic rings. The molecule has 9 aromatic rings. The number of anilines is 3. The number of fused-ring (bicyclic) bond motifs is 7. The highest BCUT2D eigenvalue weighted by molar-refractivity contribution is 6.19. The third-order valence-electron chi connectivity index (χ3n) is 11.3. The number of aromatic nitrogens is 1. The van der Waals surface area contributed by atoms with Crippen LogP contribution in [0.2, 0.25) is 0 Å². The minimum Gasteiger partial charge on any atom is -0.310 e. The molecule has 0 bridgehead atoms. The summed E-state index contributed by atoms with van der Waals surface area (Å²) in [6, 6.07) is 70.0. The van der Waals surface area contributed by atoms with Crippen LogP contribution in [0.3, 0.4) is 0 Å². The van der Waals surface area contributed by atoms with Gasteiger partial charge >= 0.3 is 0 Å². The van der Waals surface area contributed by atoms with Gasteiger partial charge in [0.15, 0.2) is 0 Å². The second-order valence-electron chi connectivity index (χ2n) is 14.8. The zero-order valence-electron chi connectivity index (χ0n) is 30.4. The third kappa shape index (κ3) is 5.22. The predicted octanol–water partition coefficient (Wildman–Crippen LogP) is 14.2. The van der Waals surface area contributed by atoms with E-state index in [4.69, 9.17) is 4.98 Å². The third-order valence-corrected chi connectivity index (χ3v) is 11.3. The molecular weight excluding hydrogens is 653 g/mol. The molecule has 0 fully saturated rings. The normalized spacial score (nSPS) is 12.8. The van der Waals surface area contributed by atoms with E-state index in [1.165, 1.54) is 60.7 Å². The van der Waals surface area contributed by atoms with Crippen LogP contribution in [0.15, 0.2) is 194 Å². The summed E-state index contributed by atoms with van der Waals surface area (Å²) in [7, 11) is 0. The van der Waals surface area contributed by atoms with Gasteiger partial charge in [-0.25, -0.2) is 4.98 Å². The largest absolute Gasteiger partial charge is 0.310 e. The topological polar surface area (TPSA) is 16.1 Å². The van der Waals surface area contributed by atoms with Gasteiger partial charge in [0.05, 0.1) is 11.2 Å². The fraction of sp³-hybridized carbons (Fsp3) is 0.0577. The number of nitrogens with zero attached hydrogens (tertiary/aromatic N) is 2. The molecule has 54 heavy (non-hydrogen) atoms. The van der Waals surface area contributed by atoms with Gasteiger partial charge in [0.25, 0.3) is 0 Å². The minimum atomic E-state index is -0.0861. The lowest BCUT2D eigenvalue weighted by atomic mass is 9.82. The van der Waals surface area contributed by atoms with Crippen LogP contribution in [0, 0.1) is 0 Å². The Morgan fingerprint density at radius 1 is 0.407 bits per heavy atom. The molecule has 0 spiro atoms. The van der Waals surface area contributed by atoms with Crippen LogP contribution in [0.1, 0.15) is 25.0 Å². The van der Waals surface area contributed by atoms with Gasteiger partial charge in [0.2, 0.25) is 0 Å². The summed E-state index contributed by atoms with van der Waals surface area (Å²) in [5.41, 5.74) is 16.5. The van der Waals surface area contributed by atoms with Crippen LogP contribution in [-0.4, -0.2) is 4.98 Å². The van der Waals surface area contributed by atoms with E-state index in [0.29, 0.717) is 0 Å². The fourth-order valence-electron chi connectivity index (χ4n) is 8.56. The number of hydrogen-bond donors (Lipinski definition) is 0. The van der Waals surface area contributed by atoms with E-state index in [0.717, 1.165) is 33.8 Å². The number of para-hydroxylation sites is 1. The van der Waals surface area contributed by atoms with Crippen molar-refractivity contribution in [2.45, 2.75) is 19.3 Å². The lowest BCUT2D eigenvalue weighted by molar-refractivity contribution is 0.661. The number of hydrogen-bond acceptors (Lipinski definition) is 2. The molecule has 1 heterocycles. The molecule has 0 radical (unpaired) electrons. The highest BCUT2D eigenvalue weighted by atomic mass is 15.1. The van der Waals surface area contributed by atoms with Gasteiger partial charge in [0.1, 0.15) is 0 Å². The predicted molar refractivity (Wildman–Crippen MR) is 228 cm³/mol. The summed E-state index contributed by atoms with van der Waals surface area (Å²) < 4.78 is 0. The number of benzene rings is 8. The number of rotatable bonds is 6. The second-order valence-corrected chi connectivity index (χ2v) is 14.8. The highest BCUT2D eigenvalue weighted by Gasteiger charge is 2.37. The van der Waals surface area contributed by atoms with Crippen molar-refractivity contribution >= 4 is 38.7 Å². The molecule has 8 aromatic carbocycles. The maximum absolute atomic E-state index is 5.41. The Morgan fingerprint density at radius 2 is 0.963 bits per heavy atom. The molecule has 1 aliphatic carbocycles. The molecule has 256 valence electrons. The van der Waals surface area contributed by atoms with Crippen molar-refractivity contribution in [1.82, 2.24) is 4.98 Å². The van der Waals surface area contributed by atoms with E-state index in [1.54, 1.807) is 0 Å². The first kappa shape index (κ1) is 31.9. The summed E-state index contributed by atoms with van der Waals surface area (Å²) in [6.45, 7) is 4.70. The van der Waals surface area contributed by atoms with Crippen molar-refractivity contribution < 1.29 is 0 Å². The van der Waals surface area contributed by atoms with Gasteiger partial charge in [-0.15, -0.1) is 0 Å². The summed E-state index contributed by atoms with van der Waals surface area (Å²) in [6.07, 6.45) is 0. The molecule has 0 aliphatic heterocycles. The van der Waals surface area contributed by atoms with Crippen LogP contribution in [0.25, 0.3) is 66.3 Å². The van der Waals surface area contributed by atoms with Crippen LogP contribution in [0.5, 0.6) is 0 Å². The molecular formula is C52H38N2. The maximum Gasteiger partial charge on any atom is 0.0789 e. The van der Waals surface area contributed by atoms with Crippen LogP contribution in [0.4, 0.5) is 17.1 Å². The Labute approximate surface area is 316 Å². The van der Waals surface area contributed by atoms with Crippen molar-refractivity contribution in [2.75, 3.05) is 4.90 Å². The fourth-order valence-corrected chi connectivity index (χ4v) is 8.56. The van der Waals surface area contributed by atoms with Crippen LogP contribution < -0.4 is 4.90 Å². The molecule has 1 aromatic heterocycles. The van der Waals surface area contributed by atoms with E-state index in [9.17, 15) is 0 Å². The zero-order valence-corrected chi connectivity index (χ0v) is 30.4. The number of pyridine rings is 1. The first-order valence-corrected chi connectivity index (χ1v) is 18.7. The highest BCUT2D eigenvalue weighted by Crippen LogP contribution is 2.53. The average molecular weight is 691 g/mol. The summed E-state index contributed by atoms with van der Waals surface area (Å²) >= 11 is 0. The Hall–Kier alpha value is -6.77. The van der Waals surface area contributed by atoms with Gasteiger partial charge in [-0.3, -0.25) is 0 Å². The van der Waals surface area contributed by atoms with E-state index >= 15 is 0 Å². The zero-order chi connectivity index (χ0) is 36.2. The molecule has 0 unspecified atom stereocenters. The van der Waals surface area contributed by atoms with E-state index in [2.05, 4.69) is 213 Å². The van der Waals surface area contributed by atoms with Gasteiger partial charge < -0.3 is 4.90 Å². The SMILES string of the molecule is CC1(C)c2ccccc2-c2c1ccc1c(-c3cccc(N(c4ccc(-c5ccccc5)cc4)c4ccc(-c5ccccc5)cc4)c3)nc3ccccc3c21. The second kappa shape index (κ2) is 12.7. The first-order valence-electron chi connectivity index (χ1n) is 18.7. The van der Waals surface area contributed by atoms with Crippen molar-refractivity contribution in [2.24, 2.45) is 0 Å². The van der Waals surface area contributed by atoms with Gasteiger partial charge in [-0.2, -0.15) is 0 Å². The monoisotopic (exact) mass is 690 g/mol. The molecule has 0 saturated carbocycles. The lowest BCUT2D eigenvalue weighted by Gasteiger charge is -2.26. The van der Waals surface area contributed by atoms with E-state index in [1.807, 2.05) is 0 Å². The first-order chi connectivity index (χ1) is 26.5. The van der Waals surface area contributed by atoms with Gasteiger partial charge in [-0.05, 0) is 87.0 Å². The molecule has 10 rings (SSSR count). The smallest absolute Gasteiger partial charge is 0.0789 e. The Morgan fingerprint density at radius 3 is 1.63 bits per heavy atom. The Kier molecular flexibility index (Phi) is 7.52. The summed E-state index contributed by atoms with van der Waals surface area (Å²) in [5, 5.41) is 3.64. The molecule has 0 atom stereocenters. The maximum atomic E-state index is 5.41. The molecule has 0 amide bonds. The van der Waals surface area contributed by atoms with E-state index < -0.39 is 0 Å².